The van der Waals surface area contributed by atoms with Crippen LogP contribution in [0.4, 0.5) is 13.2 Å². The number of amides is 1. The zero-order chi connectivity index (χ0) is 24.0. The quantitative estimate of drug-likeness (QED) is 0.466. The van der Waals surface area contributed by atoms with Crippen LogP contribution in [0.15, 0.2) is 52.4 Å². The zero-order valence-electron chi connectivity index (χ0n) is 16.6. The van der Waals surface area contributed by atoms with Gasteiger partial charge in [-0.2, -0.15) is 26.1 Å². The van der Waals surface area contributed by atoms with Gasteiger partial charge in [-0.15, -0.1) is 0 Å². The van der Waals surface area contributed by atoms with E-state index in [0.717, 1.165) is 12.3 Å². The second-order valence-electron chi connectivity index (χ2n) is 6.73. The molecule has 0 aliphatic heterocycles. The van der Waals surface area contributed by atoms with E-state index in [-0.39, 0.29) is 22.5 Å². The van der Waals surface area contributed by atoms with Gasteiger partial charge in [-0.1, -0.05) is 36.4 Å². The Kier molecular flexibility index (Phi) is 5.17. The number of sulfonamides is 1. The van der Waals surface area contributed by atoms with Gasteiger partial charge >= 0.3 is 6.18 Å². The van der Waals surface area contributed by atoms with Gasteiger partial charge in [0, 0.05) is 6.07 Å². The molecule has 0 aliphatic carbocycles. The van der Waals surface area contributed by atoms with Crippen molar-refractivity contribution >= 4 is 21.6 Å². The number of benzene rings is 1. The summed E-state index contributed by atoms with van der Waals surface area (Å²) in [4.78, 5) is 33.2. The molecule has 4 rings (SSSR count). The Labute approximate surface area is 184 Å². The van der Waals surface area contributed by atoms with Crippen molar-refractivity contribution in [3.05, 3.63) is 82.0 Å². The highest BCUT2D eigenvalue weighted by atomic mass is 32.2. The van der Waals surface area contributed by atoms with Gasteiger partial charge in [0.1, 0.15) is 11.3 Å². The highest BCUT2D eigenvalue weighted by molar-refractivity contribution is 7.90. The van der Waals surface area contributed by atoms with Crippen LogP contribution in [-0.4, -0.2) is 33.9 Å². The number of hydrogen-bond donors (Lipinski definition) is 2. The number of nitrogens with zero attached hydrogens (tertiary/aromatic N) is 3. The van der Waals surface area contributed by atoms with Gasteiger partial charge < -0.3 is 0 Å². The normalized spacial score (nSPS) is 11.9. The Morgan fingerprint density at radius 1 is 1.18 bits per heavy atom. The van der Waals surface area contributed by atoms with E-state index < -0.39 is 43.9 Å². The van der Waals surface area contributed by atoms with E-state index in [1.165, 1.54) is 31.2 Å². The molecule has 9 nitrogen and oxygen atoms in total. The molecule has 0 bridgehead atoms. The molecule has 0 radical (unpaired) electrons. The fourth-order valence-corrected chi connectivity index (χ4v) is 4.03. The number of carbonyl (C=O) groups excluding carboxylic acids is 1. The molecular weight excluding hydrogens is 463 g/mol. The minimum atomic E-state index is -4.88. The van der Waals surface area contributed by atoms with Crippen molar-refractivity contribution in [3.63, 3.8) is 0 Å². The Bertz CT molecular complexity index is 1530. The molecule has 1 aromatic carbocycles. The van der Waals surface area contributed by atoms with Crippen LogP contribution < -0.4 is 10.3 Å². The van der Waals surface area contributed by atoms with Gasteiger partial charge in [-0.05, 0) is 18.6 Å². The molecule has 3 heterocycles. The van der Waals surface area contributed by atoms with E-state index in [0.29, 0.717) is 4.52 Å². The number of nitrogens with one attached hydrogen (secondary N) is 2. The van der Waals surface area contributed by atoms with Crippen molar-refractivity contribution < 1.29 is 26.4 Å². The van der Waals surface area contributed by atoms with Crippen molar-refractivity contribution in [2.75, 3.05) is 0 Å². The first-order valence-corrected chi connectivity index (χ1v) is 10.6. The summed E-state index contributed by atoms with van der Waals surface area (Å²) in [7, 11) is -4.49. The number of aromatic nitrogens is 4. The lowest BCUT2D eigenvalue weighted by Gasteiger charge is -2.08. The second-order valence-corrected chi connectivity index (χ2v) is 8.36. The van der Waals surface area contributed by atoms with Crippen LogP contribution in [0.3, 0.4) is 0 Å². The summed E-state index contributed by atoms with van der Waals surface area (Å²) in [6.45, 7) is 1.21. The maximum atomic E-state index is 13.7. The molecule has 3 aromatic heterocycles. The lowest BCUT2D eigenvalue weighted by molar-refractivity contribution is -0.140. The van der Waals surface area contributed by atoms with E-state index >= 15 is 0 Å². The van der Waals surface area contributed by atoms with Crippen molar-refractivity contribution in [3.8, 4) is 11.1 Å². The molecular formula is C20H12F3N5O4S. The lowest BCUT2D eigenvalue weighted by atomic mass is 10.1. The molecule has 0 atom stereocenters. The second kappa shape index (κ2) is 7.75. The van der Waals surface area contributed by atoms with Crippen LogP contribution in [0.1, 0.15) is 21.7 Å². The van der Waals surface area contributed by atoms with Crippen LogP contribution >= 0.6 is 0 Å². The Balaban J connectivity index is 1.89. The lowest BCUT2D eigenvalue weighted by Crippen LogP contribution is -2.37. The summed E-state index contributed by atoms with van der Waals surface area (Å²) in [5.41, 5.74) is -4.09. The van der Waals surface area contributed by atoms with Crippen LogP contribution in [0.25, 0.3) is 16.8 Å². The highest BCUT2D eigenvalue weighted by Gasteiger charge is 2.38. The third kappa shape index (κ3) is 3.92. The maximum Gasteiger partial charge on any atom is 0.433 e. The first-order chi connectivity index (χ1) is 15.5. The first kappa shape index (κ1) is 22.0. The molecule has 2 N–H and O–H groups in total. The van der Waals surface area contributed by atoms with Crippen LogP contribution in [0.5, 0.6) is 0 Å². The summed E-state index contributed by atoms with van der Waals surface area (Å²) in [5, 5.41) is 1.39. The minimum Gasteiger partial charge on any atom is -0.284 e. The average Bonchev–Trinajstić information content (AvgIpc) is 3.15. The predicted octanol–water partition coefficient (Wildman–Crippen LogP) is 2.13. The topological polar surface area (TPSA) is 126 Å². The number of rotatable bonds is 4. The van der Waals surface area contributed by atoms with Gasteiger partial charge in [0.05, 0.1) is 17.5 Å². The molecule has 33 heavy (non-hydrogen) atoms. The standard InChI is InChI=1S/C20H12F3N5O4S/c1-11-14(18(29)27-33(31,32)13-9-5-6-10-24-13)19(30)28-17(25-11)15(12-7-3-2-4-8-12)16(26-28)20(21,22)23/h2-4,7-10,26H,1H3,(H,27,29). The Hall–Kier alpha value is -4.18. The number of halogens is 3. The van der Waals surface area contributed by atoms with Gasteiger partial charge in [-0.25, -0.2) is 14.7 Å². The summed E-state index contributed by atoms with van der Waals surface area (Å²) in [6.07, 6.45) is -3.87. The third-order valence-corrected chi connectivity index (χ3v) is 5.80. The minimum absolute atomic E-state index is 0.137. The van der Waals surface area contributed by atoms with Gasteiger partial charge in [0.25, 0.3) is 21.5 Å². The molecule has 0 aliphatic rings. The number of aryl methyl sites for hydroxylation is 1. The SMILES string of the molecule is Cc1nc2c(-c3ccccc3)c(C(F)(F)F)[nH]n2c(=O)c1C(=O)NS(=O)(=O)c1cc#ccn1. The van der Waals surface area contributed by atoms with Gasteiger partial charge in [0.2, 0.25) is 0 Å². The van der Waals surface area contributed by atoms with E-state index in [9.17, 15) is 31.2 Å². The third-order valence-electron chi connectivity index (χ3n) is 4.57. The number of carbonyl (C=O) groups is 1. The molecule has 168 valence electrons. The van der Waals surface area contributed by atoms with Crippen molar-refractivity contribution in [2.24, 2.45) is 0 Å². The summed E-state index contributed by atoms with van der Waals surface area (Å²) in [6, 6.07) is 13.2. The summed E-state index contributed by atoms with van der Waals surface area (Å²) < 4.78 is 68.0. The van der Waals surface area contributed by atoms with E-state index in [2.05, 4.69) is 22.1 Å². The first-order valence-electron chi connectivity index (χ1n) is 9.09. The van der Waals surface area contributed by atoms with Crippen molar-refractivity contribution in [1.82, 2.24) is 24.3 Å². The fraction of sp³-hybridized carbons (Fsp3) is 0.100. The van der Waals surface area contributed by atoms with E-state index in [1.54, 1.807) is 10.8 Å². The van der Waals surface area contributed by atoms with Gasteiger partial charge in [-0.3, -0.25) is 14.7 Å². The Morgan fingerprint density at radius 2 is 1.88 bits per heavy atom. The Morgan fingerprint density at radius 3 is 2.48 bits per heavy atom. The zero-order valence-corrected chi connectivity index (χ0v) is 17.4. The molecule has 0 saturated carbocycles. The number of hydrogen-bond acceptors (Lipinski definition) is 6. The largest absolute Gasteiger partial charge is 0.433 e. The monoisotopic (exact) mass is 475 g/mol. The van der Waals surface area contributed by atoms with E-state index in [1.807, 2.05) is 5.10 Å². The molecule has 0 fully saturated rings. The fourth-order valence-electron chi connectivity index (χ4n) is 3.17. The van der Waals surface area contributed by atoms with Crippen LogP contribution in [0, 0.1) is 19.1 Å². The smallest absolute Gasteiger partial charge is 0.284 e. The molecule has 4 aromatic rings. The number of H-pyrrole nitrogens is 1. The van der Waals surface area contributed by atoms with Crippen molar-refractivity contribution in [1.29, 1.82) is 0 Å². The van der Waals surface area contributed by atoms with Crippen LogP contribution in [0.2, 0.25) is 0 Å². The summed E-state index contributed by atoms with van der Waals surface area (Å²) in [5.74, 6) is -1.38. The van der Waals surface area contributed by atoms with Crippen molar-refractivity contribution in [2.45, 2.75) is 18.1 Å². The highest BCUT2D eigenvalue weighted by Crippen LogP contribution is 2.38. The number of aromatic amines is 1. The summed E-state index contributed by atoms with van der Waals surface area (Å²) >= 11 is 0. The molecule has 13 heteroatoms. The van der Waals surface area contributed by atoms with Gasteiger partial charge in [0.15, 0.2) is 10.7 Å². The maximum absolute atomic E-state index is 13.7. The van der Waals surface area contributed by atoms with E-state index in [4.69, 9.17) is 0 Å². The number of fused-ring (bicyclic) bond motifs is 1. The predicted molar refractivity (Wildman–Crippen MR) is 108 cm³/mol. The molecule has 1 amide bonds. The average molecular weight is 475 g/mol. The molecule has 0 saturated heterocycles. The van der Waals surface area contributed by atoms with Crippen LogP contribution in [-0.2, 0) is 16.2 Å². The molecule has 0 spiro atoms. The molecule has 0 unspecified atom stereocenters. The number of alkyl halides is 3.